The topological polar surface area (TPSA) is 29.9 Å². The number of anilines is 1. The molecule has 0 spiro atoms. The van der Waals surface area contributed by atoms with Crippen molar-refractivity contribution in [1.29, 1.82) is 0 Å². The van der Waals surface area contributed by atoms with Gasteiger partial charge in [-0.25, -0.2) is 4.98 Å². The van der Waals surface area contributed by atoms with Crippen molar-refractivity contribution in [2.45, 2.75) is 44.7 Å². The molecule has 118 valence electrons. The maximum atomic E-state index is 4.85. The average Bonchev–Trinajstić information content (AvgIpc) is 2.94. The van der Waals surface area contributed by atoms with Gasteiger partial charge < -0.3 is 9.88 Å². The van der Waals surface area contributed by atoms with Crippen molar-refractivity contribution in [1.82, 2.24) is 9.55 Å². The lowest BCUT2D eigenvalue weighted by molar-refractivity contribution is 0.459. The Morgan fingerprint density at radius 1 is 0.913 bits per heavy atom. The van der Waals surface area contributed by atoms with Gasteiger partial charge in [0, 0.05) is 6.04 Å². The number of nitrogens with zero attached hydrogens (tertiary/aromatic N) is 2. The van der Waals surface area contributed by atoms with E-state index in [1.807, 2.05) is 0 Å². The second-order valence-corrected chi connectivity index (χ2v) is 6.48. The summed E-state index contributed by atoms with van der Waals surface area (Å²) < 4.78 is 2.32. The molecule has 1 aliphatic carbocycles. The molecule has 3 aromatic rings. The molecule has 1 aliphatic rings. The fourth-order valence-corrected chi connectivity index (χ4v) is 3.54. The molecule has 23 heavy (non-hydrogen) atoms. The van der Waals surface area contributed by atoms with E-state index >= 15 is 0 Å². The average molecular weight is 305 g/mol. The summed E-state index contributed by atoms with van der Waals surface area (Å²) >= 11 is 0. The molecule has 0 amide bonds. The third-order valence-electron chi connectivity index (χ3n) is 4.78. The van der Waals surface area contributed by atoms with Crippen molar-refractivity contribution in [3.63, 3.8) is 0 Å². The summed E-state index contributed by atoms with van der Waals surface area (Å²) in [6.07, 6.45) is 6.55. The molecule has 0 bridgehead atoms. The summed E-state index contributed by atoms with van der Waals surface area (Å²) in [5, 5.41) is 3.71. The minimum absolute atomic E-state index is 0.565. The van der Waals surface area contributed by atoms with E-state index in [9.17, 15) is 0 Å². The van der Waals surface area contributed by atoms with Crippen LogP contribution in [-0.2, 0) is 6.54 Å². The van der Waals surface area contributed by atoms with Crippen LogP contribution in [0.5, 0.6) is 0 Å². The minimum Gasteiger partial charge on any atom is -0.353 e. The van der Waals surface area contributed by atoms with Crippen molar-refractivity contribution >= 4 is 17.0 Å². The third kappa shape index (κ3) is 3.09. The van der Waals surface area contributed by atoms with E-state index in [2.05, 4.69) is 64.5 Å². The third-order valence-corrected chi connectivity index (χ3v) is 4.78. The fraction of sp³-hybridized carbons (Fsp3) is 0.350. The Hall–Kier alpha value is -2.29. The molecule has 1 saturated carbocycles. The zero-order chi connectivity index (χ0) is 15.5. The molecule has 0 saturated heterocycles. The van der Waals surface area contributed by atoms with E-state index in [1.54, 1.807) is 0 Å². The number of fused-ring (bicyclic) bond motifs is 1. The van der Waals surface area contributed by atoms with Crippen LogP contribution in [0.25, 0.3) is 11.0 Å². The first kappa shape index (κ1) is 14.3. The summed E-state index contributed by atoms with van der Waals surface area (Å²) in [6.45, 7) is 0.858. The lowest BCUT2D eigenvalue weighted by atomic mass is 9.96. The van der Waals surface area contributed by atoms with E-state index in [1.165, 1.54) is 43.2 Å². The van der Waals surface area contributed by atoms with Crippen LogP contribution in [0.15, 0.2) is 54.6 Å². The molecule has 1 fully saturated rings. The maximum Gasteiger partial charge on any atom is 0.204 e. The molecule has 0 atom stereocenters. The van der Waals surface area contributed by atoms with Gasteiger partial charge in [0.25, 0.3) is 0 Å². The number of benzene rings is 2. The minimum atomic E-state index is 0.565. The number of hydrogen-bond donors (Lipinski definition) is 1. The first-order valence-electron chi connectivity index (χ1n) is 8.66. The maximum absolute atomic E-state index is 4.85. The van der Waals surface area contributed by atoms with Crippen LogP contribution in [0, 0.1) is 0 Å². The standard InChI is InChI=1S/C20H23N3/c1-3-9-16(10-4-1)15-23-19-14-8-7-13-18(19)22-20(23)21-17-11-5-2-6-12-17/h1,3-4,7-10,13-14,17H,2,5-6,11-12,15H2,(H,21,22). The molecular weight excluding hydrogens is 282 g/mol. The van der Waals surface area contributed by atoms with Crippen LogP contribution in [0.2, 0.25) is 0 Å². The molecule has 1 aromatic heterocycles. The Kier molecular flexibility index (Phi) is 4.01. The molecule has 3 heteroatoms. The van der Waals surface area contributed by atoms with Gasteiger partial charge >= 0.3 is 0 Å². The van der Waals surface area contributed by atoms with E-state index in [4.69, 9.17) is 4.98 Å². The number of hydrogen-bond acceptors (Lipinski definition) is 2. The molecule has 0 unspecified atom stereocenters. The number of aromatic nitrogens is 2. The van der Waals surface area contributed by atoms with Crippen LogP contribution in [0.4, 0.5) is 5.95 Å². The molecular formula is C20H23N3. The predicted octanol–water partition coefficient (Wildman–Crippen LogP) is 4.83. The van der Waals surface area contributed by atoms with Crippen molar-refractivity contribution < 1.29 is 0 Å². The first-order valence-corrected chi connectivity index (χ1v) is 8.66. The second kappa shape index (κ2) is 6.45. The van der Waals surface area contributed by atoms with Crippen LogP contribution >= 0.6 is 0 Å². The Bertz CT molecular complexity index is 770. The van der Waals surface area contributed by atoms with Crippen molar-refractivity contribution in [2.75, 3.05) is 5.32 Å². The van der Waals surface area contributed by atoms with E-state index in [-0.39, 0.29) is 0 Å². The van der Waals surface area contributed by atoms with Crippen molar-refractivity contribution in [2.24, 2.45) is 0 Å². The zero-order valence-electron chi connectivity index (χ0n) is 13.4. The quantitative estimate of drug-likeness (QED) is 0.748. The molecule has 0 aliphatic heterocycles. The molecule has 2 aromatic carbocycles. The number of imidazole rings is 1. The lowest BCUT2D eigenvalue weighted by Crippen LogP contribution is -2.24. The molecule has 1 N–H and O–H groups in total. The highest BCUT2D eigenvalue weighted by atomic mass is 15.2. The summed E-state index contributed by atoms with van der Waals surface area (Å²) in [5.74, 6) is 1.02. The van der Waals surface area contributed by atoms with E-state index in [0.717, 1.165) is 18.0 Å². The predicted molar refractivity (Wildman–Crippen MR) is 95.8 cm³/mol. The Morgan fingerprint density at radius 3 is 2.48 bits per heavy atom. The smallest absolute Gasteiger partial charge is 0.204 e. The van der Waals surface area contributed by atoms with Gasteiger partial charge in [0.05, 0.1) is 17.6 Å². The summed E-state index contributed by atoms with van der Waals surface area (Å²) in [7, 11) is 0. The number of para-hydroxylation sites is 2. The van der Waals surface area contributed by atoms with Gasteiger partial charge in [-0.15, -0.1) is 0 Å². The van der Waals surface area contributed by atoms with Gasteiger partial charge in [-0.2, -0.15) is 0 Å². The Morgan fingerprint density at radius 2 is 1.65 bits per heavy atom. The second-order valence-electron chi connectivity index (χ2n) is 6.48. The normalized spacial score (nSPS) is 15.8. The number of nitrogens with one attached hydrogen (secondary N) is 1. The van der Waals surface area contributed by atoms with Crippen LogP contribution < -0.4 is 5.32 Å². The summed E-state index contributed by atoms with van der Waals surface area (Å²) in [5.41, 5.74) is 3.58. The van der Waals surface area contributed by atoms with E-state index in [0.29, 0.717) is 6.04 Å². The summed E-state index contributed by atoms with van der Waals surface area (Å²) in [4.78, 5) is 4.85. The Balaban J connectivity index is 1.69. The summed E-state index contributed by atoms with van der Waals surface area (Å²) in [6, 6.07) is 19.6. The van der Waals surface area contributed by atoms with Crippen LogP contribution in [-0.4, -0.2) is 15.6 Å². The van der Waals surface area contributed by atoms with Crippen LogP contribution in [0.1, 0.15) is 37.7 Å². The molecule has 1 heterocycles. The van der Waals surface area contributed by atoms with Crippen molar-refractivity contribution in [3.8, 4) is 0 Å². The monoisotopic (exact) mass is 305 g/mol. The van der Waals surface area contributed by atoms with Gasteiger partial charge in [0.15, 0.2) is 0 Å². The first-order chi connectivity index (χ1) is 11.4. The van der Waals surface area contributed by atoms with E-state index < -0.39 is 0 Å². The highest BCUT2D eigenvalue weighted by Gasteiger charge is 2.17. The van der Waals surface area contributed by atoms with Crippen molar-refractivity contribution in [3.05, 3.63) is 60.2 Å². The molecule has 0 radical (unpaired) electrons. The highest BCUT2D eigenvalue weighted by molar-refractivity contribution is 5.78. The SMILES string of the molecule is c1ccc(Cn2c(NC3CCCCC3)nc3ccccc32)cc1. The Labute approximate surface area is 137 Å². The van der Waals surface area contributed by atoms with Gasteiger partial charge in [0.2, 0.25) is 5.95 Å². The zero-order valence-corrected chi connectivity index (χ0v) is 13.4. The van der Waals surface area contributed by atoms with Gasteiger partial charge in [-0.05, 0) is 30.5 Å². The molecule has 4 rings (SSSR count). The highest BCUT2D eigenvalue weighted by Crippen LogP contribution is 2.25. The van der Waals surface area contributed by atoms with Gasteiger partial charge in [0.1, 0.15) is 0 Å². The van der Waals surface area contributed by atoms with Gasteiger partial charge in [-0.3, -0.25) is 0 Å². The lowest BCUT2D eigenvalue weighted by Gasteiger charge is -2.23. The van der Waals surface area contributed by atoms with Gasteiger partial charge in [-0.1, -0.05) is 61.7 Å². The largest absolute Gasteiger partial charge is 0.353 e. The fourth-order valence-electron chi connectivity index (χ4n) is 3.54. The molecule has 3 nitrogen and oxygen atoms in total. The van der Waals surface area contributed by atoms with Crippen LogP contribution in [0.3, 0.4) is 0 Å². The number of rotatable bonds is 4.